The molecule has 2 amide bonds. The Morgan fingerprint density at radius 2 is 1.95 bits per heavy atom. The van der Waals surface area contributed by atoms with Gasteiger partial charge in [-0.15, -0.1) is 0 Å². The molecule has 116 valence electrons. The zero-order chi connectivity index (χ0) is 16.2. The summed E-state index contributed by atoms with van der Waals surface area (Å²) in [5, 5.41) is 0. The maximum absolute atomic E-state index is 12.2. The molecule has 1 rings (SSSR count). The van der Waals surface area contributed by atoms with Crippen molar-refractivity contribution in [1.82, 2.24) is 14.4 Å². The van der Waals surface area contributed by atoms with Crippen LogP contribution in [0.5, 0.6) is 5.75 Å². The van der Waals surface area contributed by atoms with Gasteiger partial charge in [0.2, 0.25) is 11.8 Å². The van der Waals surface area contributed by atoms with E-state index in [0.717, 1.165) is 0 Å². The van der Waals surface area contributed by atoms with E-state index in [1.54, 1.807) is 34.1 Å². The minimum Gasteiger partial charge on any atom is -0.491 e. The highest BCUT2D eigenvalue weighted by atomic mass is 16.5. The number of nitrogens with zero attached hydrogens (tertiary/aromatic N) is 3. The van der Waals surface area contributed by atoms with E-state index in [9.17, 15) is 14.4 Å². The van der Waals surface area contributed by atoms with Crippen LogP contribution in [0.3, 0.4) is 0 Å². The highest BCUT2D eigenvalue weighted by Crippen LogP contribution is 2.03. The van der Waals surface area contributed by atoms with Crippen molar-refractivity contribution in [3.05, 3.63) is 28.7 Å². The van der Waals surface area contributed by atoms with E-state index in [1.807, 2.05) is 0 Å². The van der Waals surface area contributed by atoms with Crippen molar-refractivity contribution in [3.8, 4) is 5.75 Å². The number of methoxy groups -OCH3 is 1. The van der Waals surface area contributed by atoms with E-state index in [2.05, 4.69) is 0 Å². The van der Waals surface area contributed by atoms with Gasteiger partial charge in [-0.1, -0.05) is 0 Å². The van der Waals surface area contributed by atoms with Gasteiger partial charge >= 0.3 is 0 Å². The predicted molar refractivity (Wildman–Crippen MR) is 78.2 cm³/mol. The van der Waals surface area contributed by atoms with Gasteiger partial charge in [0.05, 0.1) is 7.11 Å². The second-order valence-electron chi connectivity index (χ2n) is 4.92. The number of likely N-dealkylation sites (N-methyl/N-ethyl adjacent to an activating group) is 2. The third kappa shape index (κ3) is 3.84. The van der Waals surface area contributed by atoms with Crippen molar-refractivity contribution in [3.63, 3.8) is 0 Å². The molecular formula is C14H21N3O4. The molecule has 0 bridgehead atoms. The predicted octanol–water partition coefficient (Wildman–Crippen LogP) is -0.208. The van der Waals surface area contributed by atoms with Crippen LogP contribution in [-0.4, -0.2) is 60.5 Å². The third-order valence-corrected chi connectivity index (χ3v) is 3.28. The van der Waals surface area contributed by atoms with E-state index in [-0.39, 0.29) is 29.7 Å². The van der Waals surface area contributed by atoms with Crippen molar-refractivity contribution in [1.29, 1.82) is 0 Å². The number of aromatic nitrogens is 1. The van der Waals surface area contributed by atoms with Crippen molar-refractivity contribution in [2.24, 2.45) is 0 Å². The normalized spacial score (nSPS) is 11.7. The molecule has 7 heteroatoms. The molecule has 0 aliphatic carbocycles. The van der Waals surface area contributed by atoms with E-state index in [0.29, 0.717) is 0 Å². The molecule has 0 spiro atoms. The summed E-state index contributed by atoms with van der Waals surface area (Å²) in [4.78, 5) is 38.8. The summed E-state index contributed by atoms with van der Waals surface area (Å²) in [7, 11) is 6.19. The van der Waals surface area contributed by atoms with Crippen LogP contribution >= 0.6 is 0 Å². The van der Waals surface area contributed by atoms with Crippen LogP contribution in [0.4, 0.5) is 0 Å². The monoisotopic (exact) mass is 295 g/mol. The van der Waals surface area contributed by atoms with Crippen LogP contribution in [-0.2, 0) is 16.1 Å². The summed E-state index contributed by atoms with van der Waals surface area (Å²) in [6, 6.07) is 2.57. The van der Waals surface area contributed by atoms with Crippen LogP contribution in [0, 0.1) is 0 Å². The van der Waals surface area contributed by atoms with Crippen molar-refractivity contribution >= 4 is 11.8 Å². The quantitative estimate of drug-likeness (QED) is 0.753. The number of hydrogen-bond donors (Lipinski definition) is 0. The molecule has 7 nitrogen and oxygen atoms in total. The van der Waals surface area contributed by atoms with Gasteiger partial charge < -0.3 is 19.1 Å². The molecule has 0 unspecified atom stereocenters. The van der Waals surface area contributed by atoms with Crippen LogP contribution in [0.25, 0.3) is 0 Å². The maximum atomic E-state index is 12.2. The molecule has 1 aromatic rings. The van der Waals surface area contributed by atoms with Gasteiger partial charge in [-0.2, -0.15) is 0 Å². The molecule has 0 saturated carbocycles. The Hall–Kier alpha value is -2.31. The first-order chi connectivity index (χ1) is 9.79. The SMILES string of the molecule is COc1cccn(CC(=O)N(C)[C@H](C)C(=O)N(C)C)c1=O. The maximum Gasteiger partial charge on any atom is 0.293 e. The molecule has 0 radical (unpaired) electrons. The highest BCUT2D eigenvalue weighted by molar-refractivity contribution is 5.86. The van der Waals surface area contributed by atoms with Gasteiger partial charge in [0, 0.05) is 27.3 Å². The fraction of sp³-hybridized carbons (Fsp3) is 0.500. The number of pyridine rings is 1. The van der Waals surface area contributed by atoms with Crippen molar-refractivity contribution < 1.29 is 14.3 Å². The number of amides is 2. The second kappa shape index (κ2) is 6.92. The number of carbonyl (C=O) groups excluding carboxylic acids is 2. The van der Waals surface area contributed by atoms with Gasteiger partial charge in [0.25, 0.3) is 5.56 Å². The lowest BCUT2D eigenvalue weighted by Gasteiger charge is -2.26. The Morgan fingerprint density at radius 1 is 1.33 bits per heavy atom. The minimum atomic E-state index is -0.589. The lowest BCUT2D eigenvalue weighted by Crippen LogP contribution is -2.47. The van der Waals surface area contributed by atoms with E-state index in [1.165, 1.54) is 33.7 Å². The van der Waals surface area contributed by atoms with Crippen LogP contribution in [0.2, 0.25) is 0 Å². The van der Waals surface area contributed by atoms with E-state index >= 15 is 0 Å². The molecule has 1 aromatic heterocycles. The number of carbonyl (C=O) groups is 2. The Bertz CT molecular complexity index is 580. The third-order valence-electron chi connectivity index (χ3n) is 3.28. The summed E-state index contributed by atoms with van der Waals surface area (Å²) >= 11 is 0. The fourth-order valence-corrected chi connectivity index (χ4v) is 1.81. The molecule has 1 heterocycles. The lowest BCUT2D eigenvalue weighted by atomic mass is 10.2. The highest BCUT2D eigenvalue weighted by Gasteiger charge is 2.24. The summed E-state index contributed by atoms with van der Waals surface area (Å²) in [5.74, 6) is -0.331. The molecule has 21 heavy (non-hydrogen) atoms. The average molecular weight is 295 g/mol. The molecular weight excluding hydrogens is 274 g/mol. The van der Waals surface area contributed by atoms with Crippen LogP contribution in [0.1, 0.15) is 6.92 Å². The molecule has 0 N–H and O–H groups in total. The summed E-state index contributed by atoms with van der Waals surface area (Å²) in [5.41, 5.74) is -0.381. The molecule has 1 atom stereocenters. The first kappa shape index (κ1) is 16.7. The Labute approximate surface area is 123 Å². The summed E-state index contributed by atoms with van der Waals surface area (Å²) in [6.07, 6.45) is 1.51. The smallest absolute Gasteiger partial charge is 0.293 e. The minimum absolute atomic E-state index is 0.141. The topological polar surface area (TPSA) is 71.8 Å². The zero-order valence-electron chi connectivity index (χ0n) is 13.0. The molecule has 0 aliphatic rings. The number of hydrogen-bond acceptors (Lipinski definition) is 4. The molecule has 0 fully saturated rings. The van der Waals surface area contributed by atoms with Crippen molar-refractivity contribution in [2.45, 2.75) is 19.5 Å². The van der Waals surface area contributed by atoms with Gasteiger partial charge in [0.1, 0.15) is 12.6 Å². The van der Waals surface area contributed by atoms with E-state index < -0.39 is 6.04 Å². The van der Waals surface area contributed by atoms with Gasteiger partial charge in [-0.25, -0.2) is 0 Å². The molecule has 0 saturated heterocycles. The van der Waals surface area contributed by atoms with Crippen LogP contribution < -0.4 is 10.3 Å². The van der Waals surface area contributed by atoms with E-state index in [4.69, 9.17) is 4.74 Å². The summed E-state index contributed by atoms with van der Waals surface area (Å²) < 4.78 is 6.18. The lowest BCUT2D eigenvalue weighted by molar-refractivity contribution is -0.142. The summed E-state index contributed by atoms with van der Waals surface area (Å²) in [6.45, 7) is 1.51. The zero-order valence-corrected chi connectivity index (χ0v) is 13.0. The van der Waals surface area contributed by atoms with Gasteiger partial charge in [-0.3, -0.25) is 14.4 Å². The van der Waals surface area contributed by atoms with Crippen LogP contribution in [0.15, 0.2) is 23.1 Å². The second-order valence-corrected chi connectivity index (χ2v) is 4.92. The standard InChI is InChI=1S/C14H21N3O4/c1-10(13(19)15(2)3)16(4)12(18)9-17-8-6-7-11(21-5)14(17)20/h6-8,10H,9H2,1-5H3/t10-/m1/s1. The number of rotatable bonds is 5. The Balaban J connectivity index is 2.87. The van der Waals surface area contributed by atoms with Gasteiger partial charge in [-0.05, 0) is 19.1 Å². The first-order valence-corrected chi connectivity index (χ1v) is 6.49. The Morgan fingerprint density at radius 3 is 2.48 bits per heavy atom. The first-order valence-electron chi connectivity index (χ1n) is 6.49. The largest absolute Gasteiger partial charge is 0.491 e. The fourth-order valence-electron chi connectivity index (χ4n) is 1.81. The molecule has 0 aliphatic heterocycles. The number of ether oxygens (including phenoxy) is 1. The Kier molecular flexibility index (Phi) is 5.52. The average Bonchev–Trinajstić information content (AvgIpc) is 2.46. The van der Waals surface area contributed by atoms with Gasteiger partial charge in [0.15, 0.2) is 5.75 Å². The van der Waals surface area contributed by atoms with Crippen molar-refractivity contribution in [2.75, 3.05) is 28.3 Å². The molecule has 0 aromatic carbocycles.